The first-order valence-electron chi connectivity index (χ1n) is 8.84. The average Bonchev–Trinajstić information content (AvgIpc) is 3.06. The lowest BCUT2D eigenvalue weighted by Crippen LogP contribution is -2.36. The van der Waals surface area contributed by atoms with E-state index in [0.717, 1.165) is 22.5 Å². The van der Waals surface area contributed by atoms with Crippen LogP contribution in [0.2, 0.25) is 0 Å². The summed E-state index contributed by atoms with van der Waals surface area (Å²) >= 11 is 0. The Labute approximate surface area is 156 Å². The quantitative estimate of drug-likeness (QED) is 0.551. The molecule has 0 saturated heterocycles. The third-order valence-electron chi connectivity index (χ3n) is 5.10. The van der Waals surface area contributed by atoms with Gasteiger partial charge in [-0.05, 0) is 31.0 Å². The fourth-order valence-electron chi connectivity index (χ4n) is 3.69. The van der Waals surface area contributed by atoms with Gasteiger partial charge in [0.1, 0.15) is 0 Å². The van der Waals surface area contributed by atoms with Gasteiger partial charge in [-0.15, -0.1) is 0 Å². The van der Waals surface area contributed by atoms with Crippen molar-refractivity contribution >= 4 is 10.9 Å². The highest BCUT2D eigenvalue weighted by Gasteiger charge is 2.20. The van der Waals surface area contributed by atoms with E-state index in [2.05, 4.69) is 32.0 Å². The Hall–Kier alpha value is -3.34. The molecule has 0 spiro atoms. The van der Waals surface area contributed by atoms with Crippen molar-refractivity contribution < 1.29 is 0 Å². The Bertz CT molecular complexity index is 1290. The van der Waals surface area contributed by atoms with Crippen LogP contribution in [0.25, 0.3) is 27.8 Å². The first-order valence-corrected chi connectivity index (χ1v) is 8.84. The topological polar surface area (TPSA) is 48.9 Å². The predicted molar refractivity (Wildman–Crippen MR) is 109 cm³/mol. The van der Waals surface area contributed by atoms with Gasteiger partial charge < -0.3 is 4.57 Å². The number of aryl methyl sites for hydroxylation is 3. The number of nitrogens with zero attached hydrogens (tertiary/aromatic N) is 3. The molecule has 136 valence electrons. The van der Waals surface area contributed by atoms with E-state index >= 15 is 0 Å². The third-order valence-corrected chi connectivity index (χ3v) is 5.10. The molecular weight excluding hydrogens is 338 g/mol. The van der Waals surface area contributed by atoms with Crippen LogP contribution < -0.4 is 11.2 Å². The summed E-state index contributed by atoms with van der Waals surface area (Å²) in [7, 11) is 3.22. The molecule has 0 bridgehead atoms. The van der Waals surface area contributed by atoms with Gasteiger partial charge >= 0.3 is 5.69 Å². The van der Waals surface area contributed by atoms with Crippen molar-refractivity contribution in [3.8, 4) is 16.9 Å². The second kappa shape index (κ2) is 6.13. The zero-order valence-electron chi connectivity index (χ0n) is 15.9. The molecule has 0 atom stereocenters. The number of hydrogen-bond donors (Lipinski definition) is 0. The van der Waals surface area contributed by atoms with Gasteiger partial charge in [-0.1, -0.05) is 48.0 Å². The third kappa shape index (κ3) is 2.54. The molecule has 2 heterocycles. The van der Waals surface area contributed by atoms with E-state index in [0.29, 0.717) is 10.9 Å². The zero-order valence-corrected chi connectivity index (χ0v) is 15.9. The molecule has 5 heteroatoms. The van der Waals surface area contributed by atoms with Gasteiger partial charge in [-0.25, -0.2) is 4.79 Å². The molecule has 0 aliphatic heterocycles. The summed E-state index contributed by atoms with van der Waals surface area (Å²) in [5.74, 6) is 0. The number of rotatable bonds is 2. The highest BCUT2D eigenvalue weighted by Crippen LogP contribution is 2.31. The van der Waals surface area contributed by atoms with Crippen molar-refractivity contribution in [1.29, 1.82) is 0 Å². The second-order valence-corrected chi connectivity index (χ2v) is 6.97. The van der Waals surface area contributed by atoms with Gasteiger partial charge in [-0.2, -0.15) is 0 Å². The molecule has 0 N–H and O–H groups in total. The molecule has 0 saturated carbocycles. The maximum absolute atomic E-state index is 13.0. The van der Waals surface area contributed by atoms with Gasteiger partial charge in [0.15, 0.2) is 0 Å². The summed E-state index contributed by atoms with van der Waals surface area (Å²) in [4.78, 5) is 25.4. The minimum absolute atomic E-state index is 0.282. The van der Waals surface area contributed by atoms with Crippen LogP contribution in [0.3, 0.4) is 0 Å². The Morgan fingerprint density at radius 2 is 1.56 bits per heavy atom. The second-order valence-electron chi connectivity index (χ2n) is 6.97. The Kier molecular flexibility index (Phi) is 3.88. The summed E-state index contributed by atoms with van der Waals surface area (Å²) in [6.07, 6.45) is 1.89. The molecule has 4 aromatic rings. The lowest BCUT2D eigenvalue weighted by atomic mass is 10.1. The summed E-state index contributed by atoms with van der Waals surface area (Å²) in [5, 5.41) is 0.547. The van der Waals surface area contributed by atoms with Crippen LogP contribution in [-0.2, 0) is 14.1 Å². The molecule has 0 aliphatic carbocycles. The molecule has 0 radical (unpaired) electrons. The Balaban J connectivity index is 2.23. The minimum Gasteiger partial charge on any atom is -0.313 e. The number of hydrogen-bond acceptors (Lipinski definition) is 2. The van der Waals surface area contributed by atoms with Crippen LogP contribution in [0.15, 0.2) is 64.3 Å². The summed E-state index contributed by atoms with van der Waals surface area (Å²) in [6, 6.07) is 16.0. The lowest BCUT2D eigenvalue weighted by molar-refractivity contribution is 0.714. The fraction of sp³-hybridized carbons (Fsp3) is 0.182. The monoisotopic (exact) mass is 359 g/mol. The maximum atomic E-state index is 13.0. The number of fused-ring (bicyclic) bond motifs is 1. The van der Waals surface area contributed by atoms with E-state index in [-0.39, 0.29) is 11.2 Å². The van der Waals surface area contributed by atoms with Crippen LogP contribution in [0, 0.1) is 13.8 Å². The van der Waals surface area contributed by atoms with Crippen LogP contribution in [0.5, 0.6) is 0 Å². The molecule has 0 fully saturated rings. The standard InChI is InChI=1S/C22H21N3O2/c1-14-10-11-17(15(2)12-14)25-13-18-19(20(25)16-8-6-5-7-9-16)21(26)24(4)22(27)23(18)3/h5-13H,1-4H3. The number of aromatic nitrogens is 3. The molecule has 4 rings (SSSR count). The van der Waals surface area contributed by atoms with E-state index in [1.165, 1.54) is 21.7 Å². The molecule has 2 aromatic carbocycles. The zero-order chi connectivity index (χ0) is 19.3. The number of benzene rings is 2. The first-order chi connectivity index (χ1) is 12.9. The van der Waals surface area contributed by atoms with Gasteiger partial charge in [0.05, 0.1) is 16.6 Å². The van der Waals surface area contributed by atoms with Crippen molar-refractivity contribution in [1.82, 2.24) is 13.7 Å². The van der Waals surface area contributed by atoms with E-state index in [9.17, 15) is 9.59 Å². The van der Waals surface area contributed by atoms with E-state index in [4.69, 9.17) is 0 Å². The Morgan fingerprint density at radius 3 is 2.22 bits per heavy atom. The van der Waals surface area contributed by atoms with Crippen LogP contribution >= 0.6 is 0 Å². The van der Waals surface area contributed by atoms with Crippen molar-refractivity contribution in [3.63, 3.8) is 0 Å². The maximum Gasteiger partial charge on any atom is 0.330 e. The minimum atomic E-state index is -0.329. The molecule has 0 unspecified atom stereocenters. The van der Waals surface area contributed by atoms with Crippen molar-refractivity contribution in [2.24, 2.45) is 14.1 Å². The van der Waals surface area contributed by atoms with Gasteiger partial charge in [0, 0.05) is 26.0 Å². The van der Waals surface area contributed by atoms with Gasteiger partial charge in [0.25, 0.3) is 5.56 Å². The van der Waals surface area contributed by atoms with E-state index < -0.39 is 0 Å². The Morgan fingerprint density at radius 1 is 0.852 bits per heavy atom. The average molecular weight is 359 g/mol. The summed E-state index contributed by atoms with van der Waals surface area (Å²) < 4.78 is 4.72. The smallest absolute Gasteiger partial charge is 0.313 e. The van der Waals surface area contributed by atoms with Crippen LogP contribution in [0.4, 0.5) is 0 Å². The van der Waals surface area contributed by atoms with E-state index in [1.54, 1.807) is 7.05 Å². The van der Waals surface area contributed by atoms with Crippen LogP contribution in [0.1, 0.15) is 11.1 Å². The normalized spacial score (nSPS) is 11.3. The molecule has 2 aromatic heterocycles. The molecule has 0 amide bonds. The van der Waals surface area contributed by atoms with Gasteiger partial charge in [-0.3, -0.25) is 13.9 Å². The van der Waals surface area contributed by atoms with Crippen LogP contribution in [-0.4, -0.2) is 13.7 Å². The van der Waals surface area contributed by atoms with Crippen molar-refractivity contribution in [2.75, 3.05) is 0 Å². The van der Waals surface area contributed by atoms with Gasteiger partial charge in [0.2, 0.25) is 0 Å². The highest BCUT2D eigenvalue weighted by atomic mass is 16.2. The van der Waals surface area contributed by atoms with Crippen molar-refractivity contribution in [2.45, 2.75) is 13.8 Å². The molecule has 0 aliphatic rings. The lowest BCUT2D eigenvalue weighted by Gasteiger charge is -2.13. The molecular formula is C22H21N3O2. The first kappa shape index (κ1) is 17.1. The predicted octanol–water partition coefficient (Wildman–Crippen LogP) is 3.31. The summed E-state index contributed by atoms with van der Waals surface area (Å²) in [6.45, 7) is 4.11. The fourth-order valence-corrected chi connectivity index (χ4v) is 3.69. The molecule has 5 nitrogen and oxygen atoms in total. The summed E-state index contributed by atoms with van der Waals surface area (Å²) in [5.41, 5.74) is 5.02. The largest absolute Gasteiger partial charge is 0.330 e. The van der Waals surface area contributed by atoms with Crippen molar-refractivity contribution in [3.05, 3.63) is 86.7 Å². The van der Waals surface area contributed by atoms with E-state index in [1.807, 2.05) is 41.1 Å². The SMILES string of the molecule is Cc1ccc(-n2cc3c(c2-c2ccccc2)c(=O)n(C)c(=O)n3C)c(C)c1. The molecule has 27 heavy (non-hydrogen) atoms. The highest BCUT2D eigenvalue weighted by molar-refractivity contribution is 5.94.